The van der Waals surface area contributed by atoms with Crippen molar-refractivity contribution >= 4 is 21.6 Å². The van der Waals surface area contributed by atoms with E-state index in [4.69, 9.17) is 11.5 Å². The average molecular weight is 295 g/mol. The molecule has 1 aromatic carbocycles. The van der Waals surface area contributed by atoms with Crippen LogP contribution < -0.4 is 11.5 Å². The predicted octanol–water partition coefficient (Wildman–Crippen LogP) is 0.541. The molecule has 2 atom stereocenters. The number of primary amides is 1. The van der Waals surface area contributed by atoms with Gasteiger partial charge in [0.05, 0.1) is 5.69 Å². The quantitative estimate of drug-likeness (QED) is 0.794. The van der Waals surface area contributed by atoms with Crippen molar-refractivity contribution in [2.24, 2.45) is 11.7 Å². The summed E-state index contributed by atoms with van der Waals surface area (Å²) in [6.45, 7) is 0.573. The van der Waals surface area contributed by atoms with Crippen LogP contribution in [0.1, 0.15) is 29.6 Å². The Bertz CT molecular complexity index is 671. The second-order valence-corrected chi connectivity index (χ2v) is 7.38. The number of piperidine rings is 1. The maximum atomic E-state index is 12.7. The van der Waals surface area contributed by atoms with Gasteiger partial charge in [-0.25, -0.2) is 8.42 Å². The third-order valence-corrected chi connectivity index (χ3v) is 6.23. The summed E-state index contributed by atoms with van der Waals surface area (Å²) in [7, 11) is -3.59. The Balaban J connectivity index is 1.98. The fourth-order valence-electron chi connectivity index (χ4n) is 3.24. The first-order valence-electron chi connectivity index (χ1n) is 6.61. The number of carbonyl (C=O) groups excluding carboxylic acids is 1. The molecule has 2 unspecified atom stereocenters. The maximum Gasteiger partial charge on any atom is 0.248 e. The van der Waals surface area contributed by atoms with Gasteiger partial charge in [-0.2, -0.15) is 4.31 Å². The molecular weight excluding hydrogens is 278 g/mol. The van der Waals surface area contributed by atoms with E-state index in [0.29, 0.717) is 12.5 Å². The zero-order valence-electron chi connectivity index (χ0n) is 11.0. The van der Waals surface area contributed by atoms with E-state index in [9.17, 15) is 13.2 Å². The van der Waals surface area contributed by atoms with Gasteiger partial charge in [0.2, 0.25) is 15.9 Å². The van der Waals surface area contributed by atoms with Crippen molar-refractivity contribution in [3.63, 3.8) is 0 Å². The number of hydrogen-bond donors (Lipinski definition) is 2. The molecular formula is C13H17N3O3S. The van der Waals surface area contributed by atoms with Crippen molar-refractivity contribution in [3.8, 4) is 0 Å². The standard InChI is InChI=1S/C13H17N3O3S/c14-11-6-9(13(15)17)2-4-12(11)20(18,19)16-7-8-1-3-10(16)5-8/h2,4,6,8,10H,1,3,5,7,14H2,(H2,15,17). The van der Waals surface area contributed by atoms with E-state index in [1.165, 1.54) is 18.2 Å². The molecule has 0 spiro atoms. The molecule has 2 bridgehead atoms. The number of hydrogen-bond acceptors (Lipinski definition) is 4. The Hall–Kier alpha value is -1.60. The van der Waals surface area contributed by atoms with Gasteiger partial charge in [0.1, 0.15) is 4.90 Å². The Morgan fingerprint density at radius 2 is 2.05 bits per heavy atom. The molecule has 1 aromatic rings. The number of nitrogens with two attached hydrogens (primary N) is 2. The molecule has 0 aromatic heterocycles. The third-order valence-electron chi connectivity index (χ3n) is 4.24. The number of nitrogen functional groups attached to an aromatic ring is 1. The number of benzene rings is 1. The summed E-state index contributed by atoms with van der Waals surface area (Å²) in [5.41, 5.74) is 11.2. The van der Waals surface area contributed by atoms with Crippen molar-refractivity contribution in [2.45, 2.75) is 30.2 Å². The summed E-state index contributed by atoms with van der Waals surface area (Å²) in [4.78, 5) is 11.1. The van der Waals surface area contributed by atoms with Gasteiger partial charge in [0.15, 0.2) is 0 Å². The van der Waals surface area contributed by atoms with Gasteiger partial charge in [0.25, 0.3) is 0 Å². The van der Waals surface area contributed by atoms with E-state index in [2.05, 4.69) is 0 Å². The minimum absolute atomic E-state index is 0.0649. The molecule has 1 saturated carbocycles. The second kappa shape index (κ2) is 4.46. The van der Waals surface area contributed by atoms with Crippen LogP contribution >= 0.6 is 0 Å². The smallest absolute Gasteiger partial charge is 0.248 e. The minimum atomic E-state index is -3.59. The van der Waals surface area contributed by atoms with Gasteiger partial charge in [-0.05, 0) is 43.4 Å². The molecule has 2 aliphatic rings. The number of sulfonamides is 1. The molecule has 108 valence electrons. The zero-order valence-corrected chi connectivity index (χ0v) is 11.8. The van der Waals surface area contributed by atoms with E-state index < -0.39 is 15.9 Å². The second-order valence-electron chi connectivity index (χ2n) is 5.52. The monoisotopic (exact) mass is 295 g/mol. The molecule has 6 nitrogen and oxygen atoms in total. The lowest BCUT2D eigenvalue weighted by Crippen LogP contribution is -2.37. The number of amides is 1. The van der Waals surface area contributed by atoms with Crippen LogP contribution in [0.25, 0.3) is 0 Å². The number of anilines is 1. The van der Waals surface area contributed by atoms with E-state index in [1.54, 1.807) is 4.31 Å². The summed E-state index contributed by atoms with van der Waals surface area (Å²) < 4.78 is 26.9. The molecule has 1 amide bonds. The third kappa shape index (κ3) is 1.97. The lowest BCUT2D eigenvalue weighted by Gasteiger charge is -2.26. The fraction of sp³-hybridized carbons (Fsp3) is 0.462. The van der Waals surface area contributed by atoms with Gasteiger partial charge in [-0.3, -0.25) is 4.79 Å². The first-order chi connectivity index (χ1) is 9.39. The Morgan fingerprint density at radius 3 is 2.55 bits per heavy atom. The minimum Gasteiger partial charge on any atom is -0.398 e. The topological polar surface area (TPSA) is 106 Å². The van der Waals surface area contributed by atoms with Crippen LogP contribution in [0.4, 0.5) is 5.69 Å². The van der Waals surface area contributed by atoms with Crippen LogP contribution in [0.3, 0.4) is 0 Å². The van der Waals surface area contributed by atoms with Gasteiger partial charge in [-0.1, -0.05) is 0 Å². The molecule has 1 aliphatic heterocycles. The molecule has 1 heterocycles. The molecule has 20 heavy (non-hydrogen) atoms. The highest BCUT2D eigenvalue weighted by atomic mass is 32.2. The first-order valence-corrected chi connectivity index (χ1v) is 8.05. The molecule has 7 heteroatoms. The molecule has 1 saturated heterocycles. The van der Waals surface area contributed by atoms with Crippen LogP contribution in [0, 0.1) is 5.92 Å². The maximum absolute atomic E-state index is 12.7. The lowest BCUT2D eigenvalue weighted by molar-refractivity contribution is 0.1000. The fourth-order valence-corrected chi connectivity index (χ4v) is 5.08. The SMILES string of the molecule is NC(=O)c1ccc(S(=O)(=O)N2CC3CCC2C3)c(N)c1. The highest BCUT2D eigenvalue weighted by Gasteiger charge is 2.44. The van der Waals surface area contributed by atoms with Gasteiger partial charge in [-0.15, -0.1) is 0 Å². The van der Waals surface area contributed by atoms with Crippen LogP contribution in [0.5, 0.6) is 0 Å². The normalized spacial score (nSPS) is 26.0. The van der Waals surface area contributed by atoms with E-state index in [0.717, 1.165) is 19.3 Å². The number of rotatable bonds is 3. The molecule has 2 fully saturated rings. The summed E-state index contributed by atoms with van der Waals surface area (Å²) >= 11 is 0. The Morgan fingerprint density at radius 1 is 1.30 bits per heavy atom. The van der Waals surface area contributed by atoms with Crippen molar-refractivity contribution in [1.82, 2.24) is 4.31 Å². The van der Waals surface area contributed by atoms with Crippen molar-refractivity contribution in [2.75, 3.05) is 12.3 Å². The van der Waals surface area contributed by atoms with E-state index in [-0.39, 0.29) is 22.2 Å². The van der Waals surface area contributed by atoms with Crippen LogP contribution in [0.15, 0.2) is 23.1 Å². The summed E-state index contributed by atoms with van der Waals surface area (Å²) in [5, 5.41) is 0. The molecule has 3 rings (SSSR count). The number of carbonyl (C=O) groups is 1. The van der Waals surface area contributed by atoms with Gasteiger partial charge < -0.3 is 11.5 Å². The van der Waals surface area contributed by atoms with Gasteiger partial charge in [0, 0.05) is 18.2 Å². The largest absolute Gasteiger partial charge is 0.398 e. The molecule has 0 radical (unpaired) electrons. The molecule has 4 N–H and O–H groups in total. The zero-order chi connectivity index (χ0) is 14.5. The highest BCUT2D eigenvalue weighted by molar-refractivity contribution is 7.89. The summed E-state index contributed by atoms with van der Waals surface area (Å²) in [5.74, 6) is -0.151. The summed E-state index contributed by atoms with van der Waals surface area (Å²) in [6.07, 6.45) is 2.97. The van der Waals surface area contributed by atoms with E-state index in [1.807, 2.05) is 0 Å². The van der Waals surface area contributed by atoms with Crippen molar-refractivity contribution in [1.29, 1.82) is 0 Å². The van der Waals surface area contributed by atoms with Crippen LogP contribution in [-0.2, 0) is 10.0 Å². The van der Waals surface area contributed by atoms with Crippen LogP contribution in [-0.4, -0.2) is 31.2 Å². The van der Waals surface area contributed by atoms with Crippen molar-refractivity contribution < 1.29 is 13.2 Å². The number of nitrogens with zero attached hydrogens (tertiary/aromatic N) is 1. The van der Waals surface area contributed by atoms with Crippen molar-refractivity contribution in [3.05, 3.63) is 23.8 Å². The van der Waals surface area contributed by atoms with Gasteiger partial charge >= 0.3 is 0 Å². The Labute approximate surface area is 117 Å². The predicted molar refractivity (Wildman–Crippen MR) is 74.4 cm³/mol. The Kier molecular flexibility index (Phi) is 2.98. The highest BCUT2D eigenvalue weighted by Crippen LogP contribution is 2.41. The lowest BCUT2D eigenvalue weighted by atomic mass is 10.1. The van der Waals surface area contributed by atoms with E-state index >= 15 is 0 Å². The number of fused-ring (bicyclic) bond motifs is 2. The summed E-state index contributed by atoms with van der Waals surface area (Å²) in [6, 6.07) is 4.19. The average Bonchev–Trinajstić information content (AvgIpc) is 3.00. The van der Waals surface area contributed by atoms with Crippen LogP contribution in [0.2, 0.25) is 0 Å². The first kappa shape index (κ1) is 13.4. The molecule has 1 aliphatic carbocycles.